The van der Waals surface area contributed by atoms with Crippen molar-refractivity contribution >= 4 is 68.7 Å². The average molecular weight is 748 g/mol. The molecule has 54 heavy (non-hydrogen) atoms. The topological polar surface area (TPSA) is 92.0 Å². The lowest BCUT2D eigenvalue weighted by molar-refractivity contribution is 0.555. The van der Waals surface area contributed by atoms with E-state index >= 15 is 0 Å². The minimum Gasteiger partial charge on any atom is -0.408 e. The van der Waals surface area contributed by atoms with Crippen molar-refractivity contribution in [3.05, 3.63) is 208 Å². The van der Waals surface area contributed by atoms with Crippen molar-refractivity contribution in [2.75, 3.05) is 0 Å². The van der Waals surface area contributed by atoms with Crippen LogP contribution in [0.2, 0.25) is 10.0 Å². The molecule has 0 fully saturated rings. The Morgan fingerprint density at radius 3 is 1.37 bits per heavy atom. The molecule has 0 spiro atoms. The van der Waals surface area contributed by atoms with E-state index in [2.05, 4.69) is 82.8 Å². The van der Waals surface area contributed by atoms with E-state index in [0.29, 0.717) is 22.2 Å². The first kappa shape index (κ1) is 33.7. The summed E-state index contributed by atoms with van der Waals surface area (Å²) in [4.78, 5) is 28.3. The predicted octanol–water partition coefficient (Wildman–Crippen LogP) is 10.9. The molecule has 0 radical (unpaired) electrons. The Morgan fingerprint density at radius 2 is 0.907 bits per heavy atom. The molecule has 2 N–H and O–H groups in total. The number of halogens is 2. The van der Waals surface area contributed by atoms with Crippen LogP contribution in [0.3, 0.4) is 0 Å². The van der Waals surface area contributed by atoms with Crippen LogP contribution in [0.1, 0.15) is 55.6 Å². The number of benzene rings is 6. The molecule has 0 bridgehead atoms. The van der Waals surface area contributed by atoms with E-state index in [-0.39, 0.29) is 0 Å². The van der Waals surface area contributed by atoms with Gasteiger partial charge in [0.15, 0.2) is 11.2 Å². The normalized spacial score (nSPS) is 14.8. The highest BCUT2D eigenvalue weighted by Gasteiger charge is 2.21. The van der Waals surface area contributed by atoms with Crippen LogP contribution in [-0.2, 0) is 25.7 Å². The average Bonchev–Trinajstić information content (AvgIpc) is 3.64. The zero-order valence-electron chi connectivity index (χ0n) is 28.9. The molecule has 6 aromatic carbocycles. The highest BCUT2D eigenvalue weighted by Crippen LogP contribution is 2.39. The van der Waals surface area contributed by atoms with Gasteiger partial charge in [-0.25, -0.2) is 9.59 Å². The lowest BCUT2D eigenvalue weighted by Gasteiger charge is -2.13. The van der Waals surface area contributed by atoms with Crippen molar-refractivity contribution in [3.8, 4) is 0 Å². The number of fused-ring (bicyclic) bond motifs is 6. The van der Waals surface area contributed by atoms with E-state index in [1.165, 1.54) is 33.4 Å². The summed E-state index contributed by atoms with van der Waals surface area (Å²) in [5.74, 6) is -0.876. The van der Waals surface area contributed by atoms with Gasteiger partial charge in [-0.3, -0.25) is 9.97 Å². The van der Waals surface area contributed by atoms with Gasteiger partial charge in [0.25, 0.3) is 0 Å². The van der Waals surface area contributed by atoms with Crippen molar-refractivity contribution in [1.29, 1.82) is 0 Å². The SMILES string of the molecule is O=c1[nH]c2cc(/C=C3/c4ccccc4CCc4c(Cl)cccc43)ccc2o1.O=c1[nH]c2cc(/C=C3\c4ccccc4CCc4c(Cl)cccc43)ccc2o1. The van der Waals surface area contributed by atoms with Crippen LogP contribution in [-0.4, -0.2) is 9.97 Å². The van der Waals surface area contributed by atoms with Crippen LogP contribution in [0.25, 0.3) is 45.5 Å². The lowest BCUT2D eigenvalue weighted by Crippen LogP contribution is -1.94. The minimum absolute atomic E-state index is 0.438. The number of H-pyrrole nitrogens is 2. The Balaban J connectivity index is 0.000000142. The van der Waals surface area contributed by atoms with Crippen molar-refractivity contribution in [2.45, 2.75) is 25.7 Å². The highest BCUT2D eigenvalue weighted by atomic mass is 35.5. The summed E-state index contributed by atoms with van der Waals surface area (Å²) in [7, 11) is 0. The third-order valence-electron chi connectivity index (χ3n) is 10.2. The Labute approximate surface area is 320 Å². The second-order valence-corrected chi connectivity index (χ2v) is 14.3. The highest BCUT2D eigenvalue weighted by molar-refractivity contribution is 6.32. The summed E-state index contributed by atoms with van der Waals surface area (Å²) < 4.78 is 10.2. The van der Waals surface area contributed by atoms with Gasteiger partial charge in [-0.15, -0.1) is 0 Å². The van der Waals surface area contributed by atoms with Gasteiger partial charge < -0.3 is 8.83 Å². The summed E-state index contributed by atoms with van der Waals surface area (Å²) >= 11 is 13.1. The number of nitrogens with one attached hydrogen (secondary N) is 2. The van der Waals surface area contributed by atoms with Gasteiger partial charge in [0, 0.05) is 10.0 Å². The molecular weight excluding hydrogens is 715 g/mol. The maximum Gasteiger partial charge on any atom is 0.417 e. The molecule has 6 nitrogen and oxygen atoms in total. The second kappa shape index (κ2) is 14.0. The van der Waals surface area contributed by atoms with E-state index in [9.17, 15) is 9.59 Å². The summed E-state index contributed by atoms with van der Waals surface area (Å²) in [5.41, 5.74) is 16.6. The lowest BCUT2D eigenvalue weighted by atomic mass is 9.92. The fourth-order valence-corrected chi connectivity index (χ4v) is 8.24. The van der Waals surface area contributed by atoms with Gasteiger partial charge in [0.2, 0.25) is 0 Å². The Bertz CT molecular complexity index is 2720. The predicted molar refractivity (Wildman–Crippen MR) is 218 cm³/mol. The number of aromatic amines is 2. The van der Waals surface area contributed by atoms with Crippen LogP contribution in [0.5, 0.6) is 0 Å². The van der Waals surface area contributed by atoms with Gasteiger partial charge in [-0.1, -0.05) is 108 Å². The number of aryl methyl sites for hydroxylation is 2. The van der Waals surface area contributed by atoms with Gasteiger partial charge in [-0.2, -0.15) is 0 Å². The summed E-state index contributed by atoms with van der Waals surface area (Å²) in [6.45, 7) is 0. The number of oxazole rings is 2. The van der Waals surface area contributed by atoms with Gasteiger partial charge >= 0.3 is 11.5 Å². The molecule has 8 aromatic rings. The van der Waals surface area contributed by atoms with Crippen molar-refractivity contribution < 1.29 is 8.83 Å². The molecule has 264 valence electrons. The molecule has 2 heterocycles. The number of hydrogen-bond donors (Lipinski definition) is 2. The Kier molecular flexibility index (Phi) is 8.78. The van der Waals surface area contributed by atoms with E-state index < -0.39 is 11.5 Å². The first-order chi connectivity index (χ1) is 26.4. The van der Waals surface area contributed by atoms with Crippen molar-refractivity contribution in [2.24, 2.45) is 0 Å². The van der Waals surface area contributed by atoms with Crippen LogP contribution in [0.4, 0.5) is 0 Å². The smallest absolute Gasteiger partial charge is 0.408 e. The van der Waals surface area contributed by atoms with Gasteiger partial charge in [0.1, 0.15) is 0 Å². The van der Waals surface area contributed by atoms with Crippen molar-refractivity contribution in [3.63, 3.8) is 0 Å². The summed E-state index contributed by atoms with van der Waals surface area (Å²) in [5, 5.41) is 1.61. The fourth-order valence-electron chi connectivity index (χ4n) is 7.70. The van der Waals surface area contributed by atoms with Crippen LogP contribution in [0.15, 0.2) is 140 Å². The van der Waals surface area contributed by atoms with Crippen LogP contribution < -0.4 is 11.5 Å². The largest absolute Gasteiger partial charge is 0.417 e. The molecule has 0 saturated carbocycles. The maximum absolute atomic E-state index is 11.4. The first-order valence-corrected chi connectivity index (χ1v) is 18.5. The molecule has 2 aromatic heterocycles. The molecule has 2 aliphatic carbocycles. The molecule has 0 aliphatic heterocycles. The molecule has 0 unspecified atom stereocenters. The quantitative estimate of drug-likeness (QED) is 0.184. The molecular formula is C46H32Cl2N2O4. The van der Waals surface area contributed by atoms with E-state index in [4.69, 9.17) is 32.0 Å². The van der Waals surface area contributed by atoms with E-state index in [0.717, 1.165) is 69.1 Å². The molecule has 8 heteroatoms. The number of aromatic nitrogens is 2. The van der Waals surface area contributed by atoms with Crippen molar-refractivity contribution in [1.82, 2.24) is 9.97 Å². The zero-order valence-corrected chi connectivity index (χ0v) is 30.4. The Morgan fingerprint density at radius 1 is 0.481 bits per heavy atom. The maximum atomic E-state index is 11.4. The summed E-state index contributed by atoms with van der Waals surface area (Å²) in [6.07, 6.45) is 8.06. The number of hydrogen-bond acceptors (Lipinski definition) is 4. The molecule has 10 rings (SSSR count). The monoisotopic (exact) mass is 746 g/mol. The zero-order chi connectivity index (χ0) is 36.8. The molecule has 2 aliphatic rings. The standard InChI is InChI=1S/2C23H16ClNO2/c2*24-20-7-3-6-17-18(20)10-9-15-4-1-2-5-16(15)19(17)12-14-8-11-22-21(13-14)25-23(26)27-22/h2*1-8,11-13H,9-10H2,(H,25,26)/b19-12+;19-12-. The third kappa shape index (κ3) is 6.44. The fraction of sp³-hybridized carbons (Fsp3) is 0.0870. The van der Waals surface area contributed by atoms with Gasteiger partial charge in [-0.05, 0) is 141 Å². The summed E-state index contributed by atoms with van der Waals surface area (Å²) in [6, 6.07) is 40.6. The molecule has 0 atom stereocenters. The Hall–Kier alpha value is -6.08. The van der Waals surface area contributed by atoms with Crippen LogP contribution >= 0.6 is 23.2 Å². The van der Waals surface area contributed by atoms with Gasteiger partial charge in [0.05, 0.1) is 11.0 Å². The molecule has 0 amide bonds. The second-order valence-electron chi connectivity index (χ2n) is 13.5. The number of rotatable bonds is 2. The third-order valence-corrected chi connectivity index (χ3v) is 10.9. The van der Waals surface area contributed by atoms with E-state index in [1.54, 1.807) is 0 Å². The molecule has 0 saturated heterocycles. The first-order valence-electron chi connectivity index (χ1n) is 17.8. The van der Waals surface area contributed by atoms with E-state index in [1.807, 2.05) is 60.7 Å². The van der Waals surface area contributed by atoms with Crippen LogP contribution in [0, 0.1) is 0 Å². The minimum atomic E-state index is -0.438.